The minimum absolute atomic E-state index is 0.277. The van der Waals surface area contributed by atoms with Crippen LogP contribution in [0, 0.1) is 6.92 Å². The molecule has 0 heterocycles. The molecule has 4 N–H and O–H groups in total. The molecule has 1 aromatic rings. The minimum atomic E-state index is -3.17. The highest BCUT2D eigenvalue weighted by Gasteiger charge is 2.09. The fourth-order valence-corrected chi connectivity index (χ4v) is 2.63. The Bertz CT molecular complexity index is 592. The van der Waals surface area contributed by atoms with E-state index in [1.54, 1.807) is 0 Å². The molecule has 0 aliphatic carbocycles. The third-order valence-electron chi connectivity index (χ3n) is 3.44. The van der Waals surface area contributed by atoms with Crippen LogP contribution in [-0.4, -0.2) is 63.8 Å². The van der Waals surface area contributed by atoms with E-state index in [1.165, 1.54) is 0 Å². The summed E-state index contributed by atoms with van der Waals surface area (Å²) in [6.45, 7) is 5.68. The fraction of sp³-hybridized carbons (Fsp3) is 0.600. The molecule has 8 heteroatoms. The number of rotatable bonds is 10. The van der Waals surface area contributed by atoms with Gasteiger partial charge in [-0.15, -0.1) is 0 Å². The quantitative estimate of drug-likeness (QED) is 0.481. The lowest BCUT2D eigenvalue weighted by atomic mass is 10.1. The van der Waals surface area contributed by atoms with Crippen molar-refractivity contribution in [2.45, 2.75) is 20.0 Å². The lowest BCUT2D eigenvalue weighted by Crippen LogP contribution is -2.34. The standard InChI is InChI=1S/C15H27N3O4S/c1-4-18(8-7-17-23(3,21)22)13-5-6-15(12(2)9-13)16-10-14(20)11-19/h5-6,9,14,16-17,19-20H,4,7-8,10-11H2,1-3H3. The second kappa shape index (κ2) is 9.07. The number of benzene rings is 1. The second-order valence-electron chi connectivity index (χ2n) is 5.46. The molecule has 0 radical (unpaired) electrons. The third-order valence-corrected chi connectivity index (χ3v) is 4.17. The van der Waals surface area contributed by atoms with Gasteiger partial charge in [0.1, 0.15) is 0 Å². The predicted molar refractivity (Wildman–Crippen MR) is 93.5 cm³/mol. The van der Waals surface area contributed by atoms with E-state index in [2.05, 4.69) is 14.9 Å². The van der Waals surface area contributed by atoms with Crippen molar-refractivity contribution in [2.75, 3.05) is 49.3 Å². The molecule has 0 aliphatic rings. The summed E-state index contributed by atoms with van der Waals surface area (Å²) in [5, 5.41) is 21.3. The van der Waals surface area contributed by atoms with Crippen molar-refractivity contribution >= 4 is 21.4 Å². The monoisotopic (exact) mass is 345 g/mol. The molecule has 1 aromatic carbocycles. The van der Waals surface area contributed by atoms with Crippen LogP contribution in [0.2, 0.25) is 0 Å². The molecule has 0 saturated heterocycles. The molecule has 7 nitrogen and oxygen atoms in total. The zero-order valence-corrected chi connectivity index (χ0v) is 14.7. The van der Waals surface area contributed by atoms with Gasteiger partial charge >= 0.3 is 0 Å². The molecular formula is C15H27N3O4S. The van der Waals surface area contributed by atoms with Crippen LogP contribution < -0.4 is 14.9 Å². The van der Waals surface area contributed by atoms with Gasteiger partial charge < -0.3 is 20.4 Å². The van der Waals surface area contributed by atoms with Crippen molar-refractivity contribution in [2.24, 2.45) is 0 Å². The van der Waals surface area contributed by atoms with E-state index < -0.39 is 16.1 Å². The highest BCUT2D eigenvalue weighted by atomic mass is 32.2. The second-order valence-corrected chi connectivity index (χ2v) is 7.30. The minimum Gasteiger partial charge on any atom is -0.394 e. The first-order valence-corrected chi connectivity index (χ1v) is 9.49. The lowest BCUT2D eigenvalue weighted by molar-refractivity contribution is 0.105. The van der Waals surface area contributed by atoms with Crippen molar-refractivity contribution in [3.05, 3.63) is 23.8 Å². The van der Waals surface area contributed by atoms with Crippen LogP contribution in [0.5, 0.6) is 0 Å². The van der Waals surface area contributed by atoms with Gasteiger partial charge in [0.25, 0.3) is 0 Å². The van der Waals surface area contributed by atoms with Gasteiger partial charge in [0, 0.05) is 37.6 Å². The highest BCUT2D eigenvalue weighted by Crippen LogP contribution is 2.22. The first-order chi connectivity index (χ1) is 10.8. The molecule has 0 saturated carbocycles. The molecule has 1 unspecified atom stereocenters. The number of hydrogen-bond acceptors (Lipinski definition) is 6. The maximum atomic E-state index is 11.1. The first-order valence-electron chi connectivity index (χ1n) is 7.59. The van der Waals surface area contributed by atoms with Crippen LogP contribution in [0.3, 0.4) is 0 Å². The SMILES string of the molecule is CCN(CCNS(C)(=O)=O)c1ccc(NCC(O)CO)c(C)c1. The molecule has 1 rings (SSSR count). The molecule has 0 fully saturated rings. The summed E-state index contributed by atoms with van der Waals surface area (Å²) in [4.78, 5) is 2.08. The van der Waals surface area contributed by atoms with Crippen LogP contribution in [0.25, 0.3) is 0 Å². The molecule has 0 bridgehead atoms. The summed E-state index contributed by atoms with van der Waals surface area (Å²) in [7, 11) is -3.17. The average molecular weight is 345 g/mol. The predicted octanol–water partition coefficient (Wildman–Crippen LogP) is 0.136. The van der Waals surface area contributed by atoms with Crippen molar-refractivity contribution < 1.29 is 18.6 Å². The van der Waals surface area contributed by atoms with Gasteiger partial charge in [-0.3, -0.25) is 0 Å². The first kappa shape index (κ1) is 19.7. The largest absolute Gasteiger partial charge is 0.394 e. The number of likely N-dealkylation sites (N-methyl/N-ethyl adjacent to an activating group) is 1. The number of anilines is 2. The zero-order chi connectivity index (χ0) is 17.5. The van der Waals surface area contributed by atoms with Crippen LogP contribution in [0.1, 0.15) is 12.5 Å². The van der Waals surface area contributed by atoms with Crippen molar-refractivity contribution in [3.63, 3.8) is 0 Å². The van der Waals surface area contributed by atoms with Gasteiger partial charge in [-0.05, 0) is 37.6 Å². The Labute approximate surface area is 138 Å². The van der Waals surface area contributed by atoms with Crippen molar-refractivity contribution in [1.29, 1.82) is 0 Å². The van der Waals surface area contributed by atoms with Gasteiger partial charge in [-0.1, -0.05) is 0 Å². The molecular weight excluding hydrogens is 318 g/mol. The number of aliphatic hydroxyl groups excluding tert-OH is 2. The Morgan fingerprint density at radius 2 is 2.04 bits per heavy atom. The normalized spacial score (nSPS) is 12.9. The van der Waals surface area contributed by atoms with Gasteiger partial charge in [0.15, 0.2) is 0 Å². The summed E-state index contributed by atoms with van der Waals surface area (Å²) in [6.07, 6.45) is 0.359. The van der Waals surface area contributed by atoms with E-state index in [9.17, 15) is 13.5 Å². The van der Waals surface area contributed by atoms with Crippen LogP contribution >= 0.6 is 0 Å². The lowest BCUT2D eigenvalue weighted by Gasteiger charge is -2.24. The number of aryl methyl sites for hydroxylation is 1. The summed E-state index contributed by atoms with van der Waals surface area (Å²) in [5.41, 5.74) is 2.92. The smallest absolute Gasteiger partial charge is 0.208 e. The van der Waals surface area contributed by atoms with E-state index in [0.717, 1.165) is 29.7 Å². The summed E-state index contributed by atoms with van der Waals surface area (Å²) < 4.78 is 24.7. The van der Waals surface area contributed by atoms with E-state index in [0.29, 0.717) is 13.1 Å². The Balaban J connectivity index is 2.69. The molecule has 1 atom stereocenters. The summed E-state index contributed by atoms with van der Waals surface area (Å²) in [6, 6.07) is 5.88. The van der Waals surface area contributed by atoms with Gasteiger partial charge in [0.2, 0.25) is 10.0 Å². The van der Waals surface area contributed by atoms with E-state index in [-0.39, 0.29) is 13.2 Å². The van der Waals surface area contributed by atoms with E-state index >= 15 is 0 Å². The van der Waals surface area contributed by atoms with Crippen molar-refractivity contribution in [3.8, 4) is 0 Å². The van der Waals surface area contributed by atoms with Crippen LogP contribution in [0.4, 0.5) is 11.4 Å². The number of aliphatic hydroxyl groups is 2. The summed E-state index contributed by atoms with van der Waals surface area (Å²) in [5.74, 6) is 0. The Morgan fingerprint density at radius 3 is 2.57 bits per heavy atom. The van der Waals surface area contributed by atoms with E-state index in [4.69, 9.17) is 5.11 Å². The molecule has 132 valence electrons. The van der Waals surface area contributed by atoms with Crippen molar-refractivity contribution in [1.82, 2.24) is 4.72 Å². The molecule has 0 spiro atoms. The Kier molecular flexibility index (Phi) is 7.77. The average Bonchev–Trinajstić information content (AvgIpc) is 2.49. The fourth-order valence-electron chi connectivity index (χ4n) is 2.17. The number of hydrogen-bond donors (Lipinski definition) is 4. The Hall–Kier alpha value is -1.35. The van der Waals surface area contributed by atoms with Gasteiger partial charge in [0.05, 0.1) is 19.0 Å². The number of sulfonamides is 1. The molecule has 0 aromatic heterocycles. The summed E-state index contributed by atoms with van der Waals surface area (Å²) >= 11 is 0. The number of nitrogens with one attached hydrogen (secondary N) is 2. The van der Waals surface area contributed by atoms with Gasteiger partial charge in [-0.2, -0.15) is 0 Å². The third kappa shape index (κ3) is 7.17. The maximum absolute atomic E-state index is 11.1. The molecule has 0 amide bonds. The zero-order valence-electron chi connectivity index (χ0n) is 13.9. The topological polar surface area (TPSA) is 102 Å². The maximum Gasteiger partial charge on any atom is 0.208 e. The van der Waals surface area contributed by atoms with E-state index in [1.807, 2.05) is 32.0 Å². The van der Waals surface area contributed by atoms with Crippen LogP contribution in [0.15, 0.2) is 18.2 Å². The Morgan fingerprint density at radius 1 is 1.35 bits per heavy atom. The van der Waals surface area contributed by atoms with Crippen LogP contribution in [-0.2, 0) is 10.0 Å². The highest BCUT2D eigenvalue weighted by molar-refractivity contribution is 7.88. The molecule has 23 heavy (non-hydrogen) atoms. The molecule has 0 aliphatic heterocycles. The van der Waals surface area contributed by atoms with Gasteiger partial charge in [-0.25, -0.2) is 13.1 Å². The number of nitrogens with zero attached hydrogens (tertiary/aromatic N) is 1.